The van der Waals surface area contributed by atoms with Crippen molar-refractivity contribution in [1.82, 2.24) is 4.98 Å². The Morgan fingerprint density at radius 1 is 1.13 bits per heavy atom. The number of nitrogens with one attached hydrogen (secondary N) is 1. The van der Waals surface area contributed by atoms with Crippen LogP contribution in [-0.4, -0.2) is 44.1 Å². The van der Waals surface area contributed by atoms with Gasteiger partial charge in [-0.15, -0.1) is 0 Å². The average Bonchev–Trinajstić information content (AvgIpc) is 2.77. The van der Waals surface area contributed by atoms with E-state index < -0.39 is 0 Å². The summed E-state index contributed by atoms with van der Waals surface area (Å²) in [5.74, 6) is 1.33. The van der Waals surface area contributed by atoms with Gasteiger partial charge in [0.2, 0.25) is 5.88 Å². The molecule has 1 N–H and O–H groups in total. The van der Waals surface area contributed by atoms with Gasteiger partial charge in [-0.05, 0) is 18.9 Å². The second-order valence-electron chi connectivity index (χ2n) is 7.70. The van der Waals surface area contributed by atoms with Crippen LogP contribution in [0.15, 0.2) is 41.5 Å². The van der Waals surface area contributed by atoms with Crippen molar-refractivity contribution in [1.29, 1.82) is 0 Å². The zero-order valence-corrected chi connectivity index (χ0v) is 18.3. The highest BCUT2D eigenvalue weighted by atomic mass is 16.5. The van der Waals surface area contributed by atoms with Crippen molar-refractivity contribution >= 4 is 17.7 Å². The number of hydrogen-bond donors (Lipinski definition) is 1. The molecule has 1 aliphatic rings. The fourth-order valence-corrected chi connectivity index (χ4v) is 3.43. The number of rotatable bonds is 11. The van der Waals surface area contributed by atoms with Crippen molar-refractivity contribution in [2.24, 2.45) is 5.10 Å². The Bertz CT molecular complexity index is 804. The van der Waals surface area contributed by atoms with E-state index in [1.54, 1.807) is 0 Å². The van der Waals surface area contributed by atoms with Gasteiger partial charge in [-0.25, -0.2) is 0 Å². The van der Waals surface area contributed by atoms with Crippen molar-refractivity contribution in [3.8, 4) is 5.88 Å². The lowest BCUT2D eigenvalue weighted by atomic mass is 10.2. The number of pyridine rings is 1. The third-order valence-electron chi connectivity index (χ3n) is 5.10. The Labute approximate surface area is 180 Å². The second-order valence-corrected chi connectivity index (χ2v) is 7.70. The van der Waals surface area contributed by atoms with E-state index in [1.807, 2.05) is 30.5 Å². The Morgan fingerprint density at radius 2 is 1.97 bits per heavy atom. The van der Waals surface area contributed by atoms with Gasteiger partial charge in [-0.3, -0.25) is 5.43 Å². The maximum atomic E-state index is 5.98. The van der Waals surface area contributed by atoms with Gasteiger partial charge in [-0.2, -0.15) is 10.1 Å². The molecule has 1 aliphatic heterocycles. The first-order valence-corrected chi connectivity index (χ1v) is 11.1. The SMILES string of the molecule is CCCCCCCOc1cc(N2CCOCC2)cc(N/N=C/c2cccc(C)c2)n1. The summed E-state index contributed by atoms with van der Waals surface area (Å²) in [5.41, 5.74) is 6.42. The summed E-state index contributed by atoms with van der Waals surface area (Å²) in [5, 5.41) is 4.37. The van der Waals surface area contributed by atoms with Gasteiger partial charge < -0.3 is 14.4 Å². The van der Waals surface area contributed by atoms with Gasteiger partial charge in [-0.1, -0.05) is 62.4 Å². The first-order chi connectivity index (χ1) is 14.7. The zero-order chi connectivity index (χ0) is 21.0. The molecule has 3 rings (SSSR count). The van der Waals surface area contributed by atoms with Crippen molar-refractivity contribution in [3.05, 3.63) is 47.5 Å². The molecule has 30 heavy (non-hydrogen) atoms. The van der Waals surface area contributed by atoms with E-state index in [1.165, 1.54) is 31.2 Å². The summed E-state index contributed by atoms with van der Waals surface area (Å²) in [4.78, 5) is 6.91. The number of hydrazone groups is 1. The molecule has 6 heteroatoms. The number of hydrogen-bond acceptors (Lipinski definition) is 6. The molecule has 6 nitrogen and oxygen atoms in total. The Morgan fingerprint density at radius 3 is 2.77 bits per heavy atom. The highest BCUT2D eigenvalue weighted by Gasteiger charge is 2.14. The summed E-state index contributed by atoms with van der Waals surface area (Å²) in [6, 6.07) is 12.3. The first kappa shape index (κ1) is 22.1. The molecule has 162 valence electrons. The van der Waals surface area contributed by atoms with Gasteiger partial charge in [0.1, 0.15) is 0 Å². The Hall–Kier alpha value is -2.60. The summed E-state index contributed by atoms with van der Waals surface area (Å²) in [7, 11) is 0. The first-order valence-electron chi connectivity index (χ1n) is 11.1. The number of benzene rings is 1. The molecule has 2 aromatic rings. The molecule has 1 aromatic heterocycles. The number of unbranched alkanes of at least 4 members (excludes halogenated alkanes) is 4. The normalized spacial score (nSPS) is 14.3. The van der Waals surface area contributed by atoms with E-state index in [9.17, 15) is 0 Å². The molecule has 0 saturated carbocycles. The minimum Gasteiger partial charge on any atom is -0.478 e. The Balaban J connectivity index is 1.65. The predicted octanol–water partition coefficient (Wildman–Crippen LogP) is 5.02. The van der Waals surface area contributed by atoms with Crippen LogP contribution >= 0.6 is 0 Å². The van der Waals surface area contributed by atoms with E-state index in [0.717, 1.165) is 44.0 Å². The maximum Gasteiger partial charge on any atom is 0.217 e. The molecule has 0 unspecified atom stereocenters. The van der Waals surface area contributed by atoms with Crippen molar-refractivity contribution in [2.75, 3.05) is 43.2 Å². The van der Waals surface area contributed by atoms with Gasteiger partial charge in [0, 0.05) is 30.9 Å². The standard InChI is InChI=1S/C24H34N4O2/c1-3-4-5-6-7-13-30-24-18-22(28-11-14-29-15-12-28)17-23(26-24)27-25-19-21-10-8-9-20(2)16-21/h8-10,16-19H,3-7,11-15H2,1-2H3,(H,26,27)/b25-19+. The van der Waals surface area contributed by atoms with Crippen molar-refractivity contribution < 1.29 is 9.47 Å². The van der Waals surface area contributed by atoms with Crippen LogP contribution < -0.4 is 15.1 Å². The van der Waals surface area contributed by atoms with E-state index in [-0.39, 0.29) is 0 Å². The fraction of sp³-hybridized carbons (Fsp3) is 0.500. The Kier molecular flexibility index (Phi) is 8.97. The topological polar surface area (TPSA) is 59.0 Å². The van der Waals surface area contributed by atoms with Crippen LogP contribution in [0.2, 0.25) is 0 Å². The zero-order valence-electron chi connectivity index (χ0n) is 18.3. The third kappa shape index (κ3) is 7.34. The molecule has 0 radical (unpaired) electrons. The molecule has 0 amide bonds. The number of anilines is 2. The number of aromatic nitrogens is 1. The minimum atomic E-state index is 0.641. The number of aryl methyl sites for hydroxylation is 1. The van der Waals surface area contributed by atoms with E-state index in [2.05, 4.69) is 46.4 Å². The van der Waals surface area contributed by atoms with Gasteiger partial charge in [0.25, 0.3) is 0 Å². The third-order valence-corrected chi connectivity index (χ3v) is 5.10. The largest absolute Gasteiger partial charge is 0.478 e. The van der Waals surface area contributed by atoms with Crippen LogP contribution in [0, 0.1) is 6.92 Å². The maximum absolute atomic E-state index is 5.98. The monoisotopic (exact) mass is 410 g/mol. The van der Waals surface area contributed by atoms with Gasteiger partial charge in [0.15, 0.2) is 5.82 Å². The van der Waals surface area contributed by atoms with E-state index in [4.69, 9.17) is 9.47 Å². The lowest BCUT2D eigenvalue weighted by Crippen LogP contribution is -2.36. The quantitative estimate of drug-likeness (QED) is 0.320. The molecule has 1 fully saturated rings. The molecule has 1 saturated heterocycles. The summed E-state index contributed by atoms with van der Waals surface area (Å²) < 4.78 is 11.5. The van der Waals surface area contributed by atoms with Crippen LogP contribution in [0.1, 0.15) is 50.2 Å². The van der Waals surface area contributed by atoms with Crippen LogP contribution in [0.5, 0.6) is 5.88 Å². The number of morpholine rings is 1. The van der Waals surface area contributed by atoms with E-state index >= 15 is 0 Å². The van der Waals surface area contributed by atoms with Crippen LogP contribution in [0.25, 0.3) is 0 Å². The highest BCUT2D eigenvalue weighted by molar-refractivity contribution is 5.80. The van der Waals surface area contributed by atoms with Crippen LogP contribution in [0.3, 0.4) is 0 Å². The van der Waals surface area contributed by atoms with Gasteiger partial charge >= 0.3 is 0 Å². The molecule has 0 atom stereocenters. The van der Waals surface area contributed by atoms with Crippen LogP contribution in [0.4, 0.5) is 11.5 Å². The molecule has 0 aliphatic carbocycles. The molecular weight excluding hydrogens is 376 g/mol. The second kappa shape index (κ2) is 12.2. The fourth-order valence-electron chi connectivity index (χ4n) is 3.43. The molecule has 2 heterocycles. The number of nitrogens with zero attached hydrogens (tertiary/aromatic N) is 3. The molecule has 1 aromatic carbocycles. The summed E-state index contributed by atoms with van der Waals surface area (Å²) in [6.07, 6.45) is 7.87. The molecular formula is C24H34N4O2. The lowest BCUT2D eigenvalue weighted by Gasteiger charge is -2.29. The van der Waals surface area contributed by atoms with Crippen molar-refractivity contribution in [3.63, 3.8) is 0 Å². The van der Waals surface area contributed by atoms with Crippen molar-refractivity contribution in [2.45, 2.75) is 46.0 Å². The smallest absolute Gasteiger partial charge is 0.217 e. The average molecular weight is 411 g/mol. The van der Waals surface area contributed by atoms with Crippen LogP contribution in [-0.2, 0) is 4.74 Å². The lowest BCUT2D eigenvalue weighted by molar-refractivity contribution is 0.122. The molecule has 0 bridgehead atoms. The molecule has 0 spiro atoms. The van der Waals surface area contributed by atoms with Gasteiger partial charge in [0.05, 0.1) is 26.0 Å². The summed E-state index contributed by atoms with van der Waals surface area (Å²) in [6.45, 7) is 8.21. The minimum absolute atomic E-state index is 0.641. The predicted molar refractivity (Wildman–Crippen MR) is 124 cm³/mol. The number of ether oxygens (including phenoxy) is 2. The van der Waals surface area contributed by atoms with E-state index in [0.29, 0.717) is 18.3 Å². The summed E-state index contributed by atoms with van der Waals surface area (Å²) >= 11 is 0. The highest BCUT2D eigenvalue weighted by Crippen LogP contribution is 2.25.